The van der Waals surface area contributed by atoms with Gasteiger partial charge in [-0.25, -0.2) is 9.69 Å². The second-order valence-corrected chi connectivity index (χ2v) is 13.3. The fourth-order valence-electron chi connectivity index (χ4n) is 5.92. The number of aryl methyl sites for hydroxylation is 4. The third kappa shape index (κ3) is 5.33. The van der Waals surface area contributed by atoms with E-state index < -0.39 is 17.8 Å². The minimum absolute atomic E-state index is 0.144. The molecule has 0 saturated carbocycles. The summed E-state index contributed by atoms with van der Waals surface area (Å²) in [5.74, 6) is -1.60. The number of fused-ring (bicyclic) bond motifs is 1. The maximum absolute atomic E-state index is 13.8. The molecule has 224 valence electrons. The van der Waals surface area contributed by atoms with Crippen molar-refractivity contribution in [2.45, 2.75) is 53.4 Å². The molecule has 6 rings (SSSR count). The van der Waals surface area contributed by atoms with Gasteiger partial charge in [0.25, 0.3) is 17.7 Å². The van der Waals surface area contributed by atoms with E-state index >= 15 is 0 Å². The van der Waals surface area contributed by atoms with Gasteiger partial charge in [0.15, 0.2) is 0 Å². The minimum atomic E-state index is -0.790. The van der Waals surface area contributed by atoms with Crippen molar-refractivity contribution in [3.05, 3.63) is 103 Å². The van der Waals surface area contributed by atoms with E-state index in [1.165, 1.54) is 11.0 Å². The van der Waals surface area contributed by atoms with Crippen molar-refractivity contribution < 1.29 is 19.2 Å². The Morgan fingerprint density at radius 3 is 2.43 bits per heavy atom. The van der Waals surface area contributed by atoms with E-state index in [4.69, 9.17) is 0 Å². The summed E-state index contributed by atoms with van der Waals surface area (Å²) in [7, 11) is 0. The maximum atomic E-state index is 13.8. The van der Waals surface area contributed by atoms with Gasteiger partial charge in [0, 0.05) is 26.4 Å². The van der Waals surface area contributed by atoms with E-state index in [0.29, 0.717) is 22.4 Å². The van der Waals surface area contributed by atoms with Crippen molar-refractivity contribution in [2.75, 3.05) is 10.2 Å². The molecular formula is C34H31BrN4O4S. The topological polar surface area (TPSA) is 101 Å². The largest absolute Gasteiger partial charge is 0.335 e. The van der Waals surface area contributed by atoms with Gasteiger partial charge in [-0.15, -0.1) is 11.3 Å². The lowest BCUT2D eigenvalue weighted by atomic mass is 9.95. The number of nitrogens with one attached hydrogen (secondary N) is 2. The van der Waals surface area contributed by atoms with Crippen LogP contribution in [0, 0.1) is 27.7 Å². The average molecular weight is 672 g/mol. The molecule has 1 aliphatic heterocycles. The van der Waals surface area contributed by atoms with E-state index in [1.54, 1.807) is 36.5 Å². The quantitative estimate of drug-likeness (QED) is 0.171. The highest BCUT2D eigenvalue weighted by Crippen LogP contribution is 2.39. The highest BCUT2D eigenvalue weighted by molar-refractivity contribution is 9.10. The van der Waals surface area contributed by atoms with E-state index in [-0.39, 0.29) is 11.5 Å². The number of imide groups is 2. The van der Waals surface area contributed by atoms with Gasteiger partial charge in [-0.3, -0.25) is 19.7 Å². The first-order valence-electron chi connectivity index (χ1n) is 14.4. The first-order chi connectivity index (χ1) is 21.0. The Labute approximate surface area is 267 Å². The number of barbiturate groups is 1. The number of thiophene rings is 1. The van der Waals surface area contributed by atoms with Crippen molar-refractivity contribution in [3.8, 4) is 5.00 Å². The molecule has 44 heavy (non-hydrogen) atoms. The molecule has 0 bridgehead atoms. The van der Waals surface area contributed by atoms with Crippen LogP contribution in [0.25, 0.3) is 11.1 Å². The van der Waals surface area contributed by atoms with Gasteiger partial charge in [-0.2, -0.15) is 0 Å². The lowest BCUT2D eigenvalue weighted by Crippen LogP contribution is -2.54. The van der Waals surface area contributed by atoms with Crippen molar-refractivity contribution in [1.82, 2.24) is 9.88 Å². The lowest BCUT2D eigenvalue weighted by Gasteiger charge is -2.27. The summed E-state index contributed by atoms with van der Waals surface area (Å²) >= 11 is 5.03. The molecule has 2 N–H and O–H groups in total. The Balaban J connectivity index is 1.41. The monoisotopic (exact) mass is 670 g/mol. The molecule has 8 nitrogen and oxygen atoms in total. The summed E-state index contributed by atoms with van der Waals surface area (Å²) in [4.78, 5) is 55.5. The van der Waals surface area contributed by atoms with Crippen LogP contribution < -0.4 is 15.5 Å². The van der Waals surface area contributed by atoms with Crippen LogP contribution in [0.3, 0.4) is 0 Å². The van der Waals surface area contributed by atoms with Gasteiger partial charge < -0.3 is 9.88 Å². The number of anilines is 2. The molecule has 10 heteroatoms. The van der Waals surface area contributed by atoms with Crippen LogP contribution in [-0.4, -0.2) is 28.3 Å². The third-order valence-electron chi connectivity index (χ3n) is 8.16. The summed E-state index contributed by atoms with van der Waals surface area (Å²) in [6.45, 7) is 7.65. The van der Waals surface area contributed by atoms with Crippen LogP contribution in [0.2, 0.25) is 0 Å². The van der Waals surface area contributed by atoms with Gasteiger partial charge in [-0.1, -0.05) is 33.6 Å². The number of urea groups is 1. The number of hydrogen-bond acceptors (Lipinski definition) is 5. The third-order valence-corrected chi connectivity index (χ3v) is 9.93. The smallest absolute Gasteiger partial charge is 0.322 e. The van der Waals surface area contributed by atoms with E-state index in [9.17, 15) is 19.2 Å². The predicted molar refractivity (Wildman–Crippen MR) is 177 cm³/mol. The summed E-state index contributed by atoms with van der Waals surface area (Å²) in [6, 6.07) is 14.1. The summed E-state index contributed by atoms with van der Waals surface area (Å²) in [6.07, 6.45) is 5.40. The van der Waals surface area contributed by atoms with Gasteiger partial charge >= 0.3 is 6.03 Å². The number of halogens is 1. The number of rotatable bonds is 5. The molecule has 3 heterocycles. The molecule has 1 fully saturated rings. The fourth-order valence-corrected chi connectivity index (χ4v) is 7.89. The molecule has 2 aliphatic rings. The Bertz CT molecular complexity index is 1900. The Hall–Kier alpha value is -4.28. The number of amides is 5. The Kier molecular flexibility index (Phi) is 7.89. The Morgan fingerprint density at radius 2 is 1.70 bits per heavy atom. The molecule has 4 aromatic rings. The highest BCUT2D eigenvalue weighted by atomic mass is 79.9. The zero-order valence-corrected chi connectivity index (χ0v) is 27.2. The van der Waals surface area contributed by atoms with E-state index in [2.05, 4.69) is 26.6 Å². The van der Waals surface area contributed by atoms with Crippen molar-refractivity contribution in [2.24, 2.45) is 0 Å². The van der Waals surface area contributed by atoms with Crippen LogP contribution >= 0.6 is 27.3 Å². The van der Waals surface area contributed by atoms with Crippen LogP contribution in [0.15, 0.2) is 58.6 Å². The van der Waals surface area contributed by atoms with Crippen LogP contribution in [-0.2, 0) is 22.4 Å². The zero-order valence-electron chi connectivity index (χ0n) is 24.8. The predicted octanol–water partition coefficient (Wildman–Crippen LogP) is 7.33. The van der Waals surface area contributed by atoms with Crippen LogP contribution in [0.5, 0.6) is 0 Å². The number of benzene rings is 2. The van der Waals surface area contributed by atoms with Crippen molar-refractivity contribution in [3.63, 3.8) is 0 Å². The molecular weight excluding hydrogens is 640 g/mol. The SMILES string of the molecule is Cc1ccc(NC(=O)c2c(-n3c(C)cc(/C=C4\C(=O)NC(=O)N(c5ccc(Br)cc5C)C4=O)c3C)sc3c2CCCC3)cc1. The van der Waals surface area contributed by atoms with E-state index in [0.717, 1.165) is 68.3 Å². The molecule has 0 unspecified atom stereocenters. The van der Waals surface area contributed by atoms with Crippen LogP contribution in [0.1, 0.15) is 61.7 Å². The molecule has 1 saturated heterocycles. The zero-order chi connectivity index (χ0) is 31.3. The molecule has 0 radical (unpaired) electrons. The molecule has 2 aromatic carbocycles. The van der Waals surface area contributed by atoms with Gasteiger partial charge in [0.05, 0.1) is 11.3 Å². The van der Waals surface area contributed by atoms with Crippen molar-refractivity contribution >= 4 is 68.5 Å². The van der Waals surface area contributed by atoms with Gasteiger partial charge in [0.2, 0.25) is 0 Å². The second-order valence-electron chi connectivity index (χ2n) is 11.3. The number of aromatic nitrogens is 1. The molecule has 2 aromatic heterocycles. The standard InChI is InChI=1S/C34H31BrN4O4S/c1-18-9-12-24(13-10-18)36-31(41)29-25-7-5-6-8-28(25)44-33(29)38-20(3)16-22(21(38)4)17-26-30(40)37-34(43)39(32(26)42)27-14-11-23(35)15-19(27)2/h9-17H,5-8H2,1-4H3,(H,36,41)(H,37,40,43)/b26-17+. The number of carbonyl (C=O) groups is 4. The van der Waals surface area contributed by atoms with Gasteiger partial charge in [-0.05, 0) is 113 Å². The first kappa shape index (κ1) is 29.8. The number of hydrogen-bond donors (Lipinski definition) is 2. The molecule has 0 spiro atoms. The maximum Gasteiger partial charge on any atom is 0.335 e. The lowest BCUT2D eigenvalue weighted by molar-refractivity contribution is -0.122. The van der Waals surface area contributed by atoms with Crippen molar-refractivity contribution in [1.29, 1.82) is 0 Å². The van der Waals surface area contributed by atoms with Gasteiger partial charge in [0.1, 0.15) is 10.6 Å². The summed E-state index contributed by atoms with van der Waals surface area (Å²) in [5.41, 5.74) is 6.85. The van der Waals surface area contributed by atoms with E-state index in [1.807, 2.05) is 55.7 Å². The highest BCUT2D eigenvalue weighted by Gasteiger charge is 2.38. The summed E-state index contributed by atoms with van der Waals surface area (Å²) in [5, 5.41) is 6.23. The fraction of sp³-hybridized carbons (Fsp3) is 0.235. The molecule has 0 atom stereocenters. The molecule has 5 amide bonds. The Morgan fingerprint density at radius 1 is 0.977 bits per heavy atom. The average Bonchev–Trinajstić information content (AvgIpc) is 3.48. The number of carbonyl (C=O) groups excluding carboxylic acids is 4. The normalized spacial score (nSPS) is 15.9. The van der Waals surface area contributed by atoms with Crippen LogP contribution in [0.4, 0.5) is 16.2 Å². The second kappa shape index (κ2) is 11.7. The minimum Gasteiger partial charge on any atom is -0.322 e. The first-order valence-corrected chi connectivity index (χ1v) is 16.0. The summed E-state index contributed by atoms with van der Waals surface area (Å²) < 4.78 is 2.84. The number of nitrogens with zero attached hydrogens (tertiary/aromatic N) is 2. The molecule has 1 aliphatic carbocycles.